The van der Waals surface area contributed by atoms with Crippen LogP contribution in [0.1, 0.15) is 5.56 Å². The largest absolute Gasteiger partial charge is 0.416 e. The number of benzene rings is 2. The molecule has 0 unspecified atom stereocenters. The molecule has 4 rings (SSSR count). The minimum Gasteiger partial charge on any atom is -0.333 e. The van der Waals surface area contributed by atoms with Crippen molar-refractivity contribution >= 4 is 0 Å². The molecule has 0 bridgehead atoms. The molecule has 2 heterocycles. The van der Waals surface area contributed by atoms with E-state index < -0.39 is 11.7 Å². The summed E-state index contributed by atoms with van der Waals surface area (Å²) in [6.45, 7) is 0. The van der Waals surface area contributed by atoms with E-state index in [2.05, 4.69) is 20.3 Å². The minimum absolute atomic E-state index is 0.0753. The molecule has 0 radical (unpaired) electrons. The lowest BCUT2D eigenvalue weighted by Crippen LogP contribution is -2.04. The van der Waals surface area contributed by atoms with Gasteiger partial charge in [-0.3, -0.25) is 5.10 Å². The van der Waals surface area contributed by atoms with Gasteiger partial charge in [-0.2, -0.15) is 23.3 Å². The van der Waals surface area contributed by atoms with Crippen molar-refractivity contribution in [3.05, 3.63) is 66.4 Å². The lowest BCUT2D eigenvalue weighted by Gasteiger charge is -2.06. The third-order valence-corrected chi connectivity index (χ3v) is 3.81. The first-order valence-corrected chi connectivity index (χ1v) is 7.63. The van der Waals surface area contributed by atoms with Crippen LogP contribution in [0.15, 0.2) is 65.3 Å². The summed E-state index contributed by atoms with van der Waals surface area (Å²) in [6, 6.07) is 14.2. The first-order chi connectivity index (χ1) is 12.5. The Morgan fingerprint density at radius 1 is 0.923 bits per heavy atom. The maximum absolute atomic E-state index is 12.9. The summed E-state index contributed by atoms with van der Waals surface area (Å²) in [5, 5.41) is 10.7. The van der Waals surface area contributed by atoms with E-state index in [1.54, 1.807) is 0 Å². The molecular weight excluding hydrogens is 345 g/mol. The zero-order valence-corrected chi connectivity index (χ0v) is 13.2. The monoisotopic (exact) mass is 356 g/mol. The van der Waals surface area contributed by atoms with Crippen LogP contribution in [-0.2, 0) is 6.18 Å². The minimum atomic E-state index is -4.44. The maximum atomic E-state index is 12.9. The molecule has 0 aliphatic heterocycles. The molecule has 2 aromatic carbocycles. The van der Waals surface area contributed by atoms with Crippen LogP contribution in [0.25, 0.3) is 34.1 Å². The summed E-state index contributed by atoms with van der Waals surface area (Å²) in [5.74, 6) is 0.247. The zero-order valence-electron chi connectivity index (χ0n) is 13.2. The quantitative estimate of drug-likeness (QED) is 0.572. The number of hydrogen-bond acceptors (Lipinski definition) is 4. The van der Waals surface area contributed by atoms with Gasteiger partial charge in [0, 0.05) is 11.1 Å². The van der Waals surface area contributed by atoms with Gasteiger partial charge in [0.1, 0.15) is 0 Å². The second-order valence-corrected chi connectivity index (χ2v) is 5.53. The predicted octanol–water partition coefficient (Wildman–Crippen LogP) is 4.81. The fourth-order valence-electron chi connectivity index (χ4n) is 2.56. The number of hydrogen-bond donors (Lipinski definition) is 1. The fraction of sp³-hybridized carbons (Fsp3) is 0.0556. The Morgan fingerprint density at radius 3 is 2.46 bits per heavy atom. The smallest absolute Gasteiger partial charge is 0.333 e. The molecule has 8 heteroatoms. The van der Waals surface area contributed by atoms with E-state index in [1.807, 2.05) is 30.3 Å². The Morgan fingerprint density at radius 2 is 1.69 bits per heavy atom. The van der Waals surface area contributed by atoms with E-state index in [4.69, 9.17) is 4.52 Å². The van der Waals surface area contributed by atoms with Crippen LogP contribution in [0, 0.1) is 0 Å². The SMILES string of the molecule is FC(F)(F)c1cccc(-c2noc(-c3cn[nH]c3-c3ccccc3)n2)c1. The summed E-state index contributed by atoms with van der Waals surface area (Å²) in [4.78, 5) is 4.23. The summed E-state index contributed by atoms with van der Waals surface area (Å²) < 4.78 is 43.9. The molecule has 0 amide bonds. The van der Waals surface area contributed by atoms with E-state index in [0.717, 1.165) is 17.7 Å². The summed E-state index contributed by atoms with van der Waals surface area (Å²) >= 11 is 0. The predicted molar refractivity (Wildman–Crippen MR) is 87.8 cm³/mol. The van der Waals surface area contributed by atoms with E-state index in [1.165, 1.54) is 18.3 Å². The summed E-state index contributed by atoms with van der Waals surface area (Å²) in [7, 11) is 0. The van der Waals surface area contributed by atoms with Crippen LogP contribution < -0.4 is 0 Å². The van der Waals surface area contributed by atoms with Crippen molar-refractivity contribution in [2.24, 2.45) is 0 Å². The number of rotatable bonds is 3. The highest BCUT2D eigenvalue weighted by molar-refractivity contribution is 5.76. The first kappa shape index (κ1) is 16.1. The third-order valence-electron chi connectivity index (χ3n) is 3.81. The van der Waals surface area contributed by atoms with Crippen LogP contribution in [0.2, 0.25) is 0 Å². The molecule has 0 aliphatic rings. The van der Waals surface area contributed by atoms with Crippen molar-refractivity contribution in [3.63, 3.8) is 0 Å². The van der Waals surface area contributed by atoms with E-state index in [-0.39, 0.29) is 17.3 Å². The lowest BCUT2D eigenvalue weighted by molar-refractivity contribution is -0.137. The molecule has 5 nitrogen and oxygen atoms in total. The average Bonchev–Trinajstić information content (AvgIpc) is 3.31. The number of halogens is 3. The Bertz CT molecular complexity index is 1040. The fourth-order valence-corrected chi connectivity index (χ4v) is 2.56. The van der Waals surface area contributed by atoms with Gasteiger partial charge in [-0.15, -0.1) is 0 Å². The van der Waals surface area contributed by atoms with Crippen molar-refractivity contribution in [3.8, 4) is 34.1 Å². The number of alkyl halides is 3. The van der Waals surface area contributed by atoms with Gasteiger partial charge < -0.3 is 4.52 Å². The van der Waals surface area contributed by atoms with Gasteiger partial charge in [-0.05, 0) is 12.1 Å². The van der Waals surface area contributed by atoms with Crippen molar-refractivity contribution < 1.29 is 17.7 Å². The lowest BCUT2D eigenvalue weighted by atomic mass is 10.1. The maximum Gasteiger partial charge on any atom is 0.416 e. The van der Waals surface area contributed by atoms with Gasteiger partial charge in [0.05, 0.1) is 23.0 Å². The first-order valence-electron chi connectivity index (χ1n) is 7.63. The Kier molecular flexibility index (Phi) is 3.80. The van der Waals surface area contributed by atoms with Gasteiger partial charge >= 0.3 is 6.18 Å². The second-order valence-electron chi connectivity index (χ2n) is 5.53. The highest BCUT2D eigenvalue weighted by Crippen LogP contribution is 2.33. The molecule has 0 saturated carbocycles. The number of nitrogens with one attached hydrogen (secondary N) is 1. The van der Waals surface area contributed by atoms with Crippen LogP contribution in [0.5, 0.6) is 0 Å². The van der Waals surface area contributed by atoms with E-state index in [0.29, 0.717) is 11.3 Å². The third kappa shape index (κ3) is 2.97. The van der Waals surface area contributed by atoms with Crippen molar-refractivity contribution in [2.75, 3.05) is 0 Å². The molecular formula is C18H11F3N4O. The number of H-pyrrole nitrogens is 1. The van der Waals surface area contributed by atoms with Crippen LogP contribution in [0.4, 0.5) is 13.2 Å². The molecule has 0 fully saturated rings. The van der Waals surface area contributed by atoms with Gasteiger partial charge in [-0.1, -0.05) is 47.6 Å². The highest BCUT2D eigenvalue weighted by atomic mass is 19.4. The second kappa shape index (κ2) is 6.14. The van der Waals surface area contributed by atoms with Gasteiger partial charge in [0.25, 0.3) is 5.89 Å². The van der Waals surface area contributed by atoms with Gasteiger partial charge in [-0.25, -0.2) is 0 Å². The molecule has 0 spiro atoms. The normalized spacial score (nSPS) is 11.7. The average molecular weight is 356 g/mol. The van der Waals surface area contributed by atoms with Crippen LogP contribution >= 0.6 is 0 Å². The van der Waals surface area contributed by atoms with Gasteiger partial charge in [0.15, 0.2) is 0 Å². The van der Waals surface area contributed by atoms with Crippen molar-refractivity contribution in [1.82, 2.24) is 20.3 Å². The molecule has 0 saturated heterocycles. The molecule has 0 aliphatic carbocycles. The zero-order chi connectivity index (χ0) is 18.1. The van der Waals surface area contributed by atoms with Crippen LogP contribution in [-0.4, -0.2) is 20.3 Å². The highest BCUT2D eigenvalue weighted by Gasteiger charge is 2.30. The molecule has 1 N–H and O–H groups in total. The topological polar surface area (TPSA) is 67.6 Å². The van der Waals surface area contributed by atoms with E-state index >= 15 is 0 Å². The van der Waals surface area contributed by atoms with Crippen molar-refractivity contribution in [1.29, 1.82) is 0 Å². The number of aromatic nitrogens is 4. The summed E-state index contributed by atoms with van der Waals surface area (Å²) in [5.41, 5.74) is 1.58. The molecule has 4 aromatic rings. The molecule has 26 heavy (non-hydrogen) atoms. The Balaban J connectivity index is 1.72. The Labute approximate surface area is 145 Å². The van der Waals surface area contributed by atoms with Crippen LogP contribution in [0.3, 0.4) is 0 Å². The van der Waals surface area contributed by atoms with E-state index in [9.17, 15) is 13.2 Å². The molecule has 130 valence electrons. The number of nitrogens with zero attached hydrogens (tertiary/aromatic N) is 3. The molecule has 0 atom stereocenters. The van der Waals surface area contributed by atoms with Gasteiger partial charge in [0.2, 0.25) is 5.82 Å². The molecule has 2 aromatic heterocycles. The summed E-state index contributed by atoms with van der Waals surface area (Å²) in [6.07, 6.45) is -2.90. The van der Waals surface area contributed by atoms with Crippen molar-refractivity contribution in [2.45, 2.75) is 6.18 Å². The number of aromatic amines is 1. The Hall–Kier alpha value is -3.42. The standard InChI is InChI=1S/C18H11F3N4O/c19-18(20,21)13-8-4-7-12(9-13)16-23-17(26-25-16)14-10-22-24-15(14)11-5-2-1-3-6-11/h1-10H,(H,22,24).